The quantitative estimate of drug-likeness (QED) is 0.778. The van der Waals surface area contributed by atoms with Crippen molar-refractivity contribution in [2.75, 3.05) is 0 Å². The van der Waals surface area contributed by atoms with Gasteiger partial charge in [-0.2, -0.15) is 0 Å². The zero-order valence-corrected chi connectivity index (χ0v) is 15.2. The van der Waals surface area contributed by atoms with E-state index in [0.29, 0.717) is 5.56 Å². The number of esters is 1. The fourth-order valence-electron chi connectivity index (χ4n) is 3.37. The molecule has 0 radical (unpaired) electrons. The first-order valence-electron chi connectivity index (χ1n) is 8.84. The lowest BCUT2D eigenvalue weighted by atomic mass is 9.97. The number of nitrogens with zero attached hydrogens (tertiary/aromatic N) is 5. The number of piperidine rings is 1. The molecule has 0 spiro atoms. The van der Waals surface area contributed by atoms with E-state index in [2.05, 4.69) is 15.5 Å². The van der Waals surface area contributed by atoms with Crippen molar-refractivity contribution in [2.45, 2.75) is 58.2 Å². The zero-order chi connectivity index (χ0) is 18.7. The highest BCUT2D eigenvalue weighted by molar-refractivity contribution is 5.92. The molecule has 1 aliphatic rings. The molecule has 1 amide bonds. The number of likely N-dealkylation sites (tertiary alicyclic amines) is 1. The molecule has 3 rings (SSSR count). The maximum absolute atomic E-state index is 12.7. The van der Waals surface area contributed by atoms with Crippen LogP contribution in [-0.4, -0.2) is 55.2 Å². The van der Waals surface area contributed by atoms with Crippen molar-refractivity contribution < 1.29 is 14.3 Å². The summed E-state index contributed by atoms with van der Waals surface area (Å²) in [4.78, 5) is 26.9. The van der Waals surface area contributed by atoms with Crippen molar-refractivity contribution in [2.24, 2.45) is 0 Å². The highest BCUT2D eigenvalue weighted by Crippen LogP contribution is 2.24. The first kappa shape index (κ1) is 18.0. The second kappa shape index (κ2) is 7.63. The molecule has 8 heteroatoms. The summed E-state index contributed by atoms with van der Waals surface area (Å²) in [5, 5.41) is 10.9. The lowest BCUT2D eigenvalue weighted by Gasteiger charge is -2.40. The second-order valence-electron chi connectivity index (χ2n) is 6.72. The predicted molar refractivity (Wildman–Crippen MR) is 93.7 cm³/mol. The van der Waals surface area contributed by atoms with Gasteiger partial charge in [-0.05, 0) is 74.7 Å². The third kappa shape index (κ3) is 3.74. The molecular formula is C18H23N5O3. The van der Waals surface area contributed by atoms with Gasteiger partial charge in [0.25, 0.3) is 5.91 Å². The summed E-state index contributed by atoms with van der Waals surface area (Å²) in [5.74, 6) is -0.658. The number of carbonyl (C=O) groups is 2. The minimum atomic E-state index is -0.815. The zero-order valence-electron chi connectivity index (χ0n) is 15.2. The third-order valence-electron chi connectivity index (χ3n) is 4.80. The number of amides is 1. The first-order chi connectivity index (χ1) is 12.5. The molecule has 1 saturated heterocycles. The molecule has 2 aromatic rings. The van der Waals surface area contributed by atoms with Gasteiger partial charge in [0.05, 0.1) is 11.3 Å². The maximum atomic E-state index is 12.7. The largest absolute Gasteiger partial charge is 0.449 e. The topological polar surface area (TPSA) is 90.2 Å². The summed E-state index contributed by atoms with van der Waals surface area (Å²) >= 11 is 0. The first-order valence-corrected chi connectivity index (χ1v) is 8.84. The van der Waals surface area contributed by atoms with Crippen LogP contribution in [0.25, 0.3) is 5.69 Å². The van der Waals surface area contributed by atoms with E-state index in [-0.39, 0.29) is 18.0 Å². The van der Waals surface area contributed by atoms with Gasteiger partial charge in [0, 0.05) is 12.1 Å². The molecule has 3 atom stereocenters. The number of hydrogen-bond donors (Lipinski definition) is 0. The minimum absolute atomic E-state index is 0.136. The van der Waals surface area contributed by atoms with E-state index in [0.717, 1.165) is 24.9 Å². The summed E-state index contributed by atoms with van der Waals surface area (Å²) in [6.07, 6.45) is 3.73. The number of carbonyl (C=O) groups excluding carboxylic acids is 2. The van der Waals surface area contributed by atoms with Gasteiger partial charge in [0.1, 0.15) is 6.33 Å². The molecule has 0 N–H and O–H groups in total. The number of hydrogen-bond acceptors (Lipinski definition) is 6. The molecule has 26 heavy (non-hydrogen) atoms. The van der Waals surface area contributed by atoms with Crippen molar-refractivity contribution in [3.05, 3.63) is 36.2 Å². The Labute approximate surface area is 152 Å². The van der Waals surface area contributed by atoms with Gasteiger partial charge in [0.2, 0.25) is 0 Å². The average molecular weight is 357 g/mol. The monoisotopic (exact) mass is 357 g/mol. The van der Waals surface area contributed by atoms with Crippen LogP contribution in [-0.2, 0) is 9.53 Å². The fourth-order valence-corrected chi connectivity index (χ4v) is 3.37. The van der Waals surface area contributed by atoms with Crippen molar-refractivity contribution in [3.63, 3.8) is 0 Å². The Bertz CT molecular complexity index is 750. The van der Waals surface area contributed by atoms with E-state index in [1.165, 1.54) is 11.0 Å². The maximum Gasteiger partial charge on any atom is 0.338 e. The summed E-state index contributed by atoms with van der Waals surface area (Å²) in [6.45, 7) is 5.71. The van der Waals surface area contributed by atoms with Crippen LogP contribution in [0.2, 0.25) is 0 Å². The second-order valence-corrected chi connectivity index (χ2v) is 6.72. The van der Waals surface area contributed by atoms with Gasteiger partial charge in [-0.15, -0.1) is 5.10 Å². The molecular weight excluding hydrogens is 334 g/mol. The highest BCUT2D eigenvalue weighted by Gasteiger charge is 2.33. The Morgan fingerprint density at radius 2 is 1.81 bits per heavy atom. The molecule has 1 aromatic carbocycles. The lowest BCUT2D eigenvalue weighted by molar-refractivity contribution is -0.146. The van der Waals surface area contributed by atoms with E-state index in [9.17, 15) is 9.59 Å². The number of aromatic nitrogens is 4. The molecule has 0 aliphatic carbocycles. The van der Waals surface area contributed by atoms with E-state index in [1.54, 1.807) is 31.2 Å². The average Bonchev–Trinajstić information content (AvgIpc) is 3.16. The van der Waals surface area contributed by atoms with Crippen molar-refractivity contribution in [1.82, 2.24) is 25.1 Å². The fraction of sp³-hybridized carbons (Fsp3) is 0.500. The Hall–Kier alpha value is -2.77. The van der Waals surface area contributed by atoms with Crippen molar-refractivity contribution in [3.8, 4) is 5.69 Å². The van der Waals surface area contributed by atoms with E-state index in [1.807, 2.05) is 18.7 Å². The number of tetrazole rings is 1. The van der Waals surface area contributed by atoms with Gasteiger partial charge < -0.3 is 9.64 Å². The molecule has 0 bridgehead atoms. The van der Waals surface area contributed by atoms with Crippen LogP contribution in [0.1, 0.15) is 50.4 Å². The highest BCUT2D eigenvalue weighted by atomic mass is 16.5. The van der Waals surface area contributed by atoms with Crippen LogP contribution >= 0.6 is 0 Å². The Kier molecular flexibility index (Phi) is 5.29. The van der Waals surface area contributed by atoms with Crippen molar-refractivity contribution >= 4 is 11.9 Å². The van der Waals surface area contributed by atoms with Crippen LogP contribution in [0.4, 0.5) is 0 Å². The Balaban J connectivity index is 1.64. The molecule has 8 nitrogen and oxygen atoms in total. The Morgan fingerprint density at radius 1 is 1.15 bits per heavy atom. The Morgan fingerprint density at radius 3 is 2.38 bits per heavy atom. The van der Waals surface area contributed by atoms with E-state index < -0.39 is 12.1 Å². The van der Waals surface area contributed by atoms with Gasteiger partial charge in [-0.1, -0.05) is 0 Å². The van der Waals surface area contributed by atoms with Gasteiger partial charge >= 0.3 is 5.97 Å². The minimum Gasteiger partial charge on any atom is -0.449 e. The predicted octanol–water partition coefficient (Wildman–Crippen LogP) is 2.00. The smallest absolute Gasteiger partial charge is 0.338 e. The molecule has 1 fully saturated rings. The molecule has 0 unspecified atom stereocenters. The van der Waals surface area contributed by atoms with Crippen LogP contribution in [0.5, 0.6) is 0 Å². The number of rotatable bonds is 4. The van der Waals surface area contributed by atoms with Gasteiger partial charge in [-0.3, -0.25) is 4.79 Å². The van der Waals surface area contributed by atoms with Crippen molar-refractivity contribution in [1.29, 1.82) is 0 Å². The molecule has 1 aliphatic heterocycles. The molecule has 2 heterocycles. The van der Waals surface area contributed by atoms with Crippen LogP contribution < -0.4 is 0 Å². The standard InChI is InChI=1S/C18H23N5O3/c1-12-5-4-6-13(2)23(12)17(24)14(3)26-18(25)15-7-9-16(10-8-15)22-11-19-20-21-22/h7-14H,4-6H2,1-3H3/t12-,13-,14-/m1/s1. The SMILES string of the molecule is C[C@@H]1CCC[C@@H](C)N1C(=O)[C@@H](C)OC(=O)c1ccc(-n2cnnn2)cc1. The summed E-state index contributed by atoms with van der Waals surface area (Å²) in [6, 6.07) is 7.03. The molecule has 0 saturated carbocycles. The molecule has 138 valence electrons. The summed E-state index contributed by atoms with van der Waals surface area (Å²) < 4.78 is 6.89. The summed E-state index contributed by atoms with van der Waals surface area (Å²) in [5.41, 5.74) is 1.10. The normalized spacial score (nSPS) is 21.3. The van der Waals surface area contributed by atoms with E-state index in [4.69, 9.17) is 4.74 Å². The summed E-state index contributed by atoms with van der Waals surface area (Å²) in [7, 11) is 0. The molecule has 1 aromatic heterocycles. The van der Waals surface area contributed by atoms with Gasteiger partial charge in [-0.25, -0.2) is 9.48 Å². The number of ether oxygens (including phenoxy) is 1. The van der Waals surface area contributed by atoms with E-state index >= 15 is 0 Å². The lowest BCUT2D eigenvalue weighted by Crippen LogP contribution is -2.51. The number of benzene rings is 1. The van der Waals surface area contributed by atoms with Crippen LogP contribution in [0.3, 0.4) is 0 Å². The van der Waals surface area contributed by atoms with Gasteiger partial charge in [0.15, 0.2) is 6.10 Å². The van der Waals surface area contributed by atoms with Crippen LogP contribution in [0.15, 0.2) is 30.6 Å². The van der Waals surface area contributed by atoms with Crippen LogP contribution in [0, 0.1) is 0 Å². The third-order valence-corrected chi connectivity index (χ3v) is 4.80.